The zero-order chi connectivity index (χ0) is 21.1. The Morgan fingerprint density at radius 3 is 2.43 bits per heavy atom. The molecule has 0 N–H and O–H groups in total. The van der Waals surface area contributed by atoms with Gasteiger partial charge in [0.25, 0.3) is 0 Å². The molecule has 0 fully saturated rings. The quantitative estimate of drug-likeness (QED) is 0.337. The molecule has 0 unspecified atom stereocenters. The molecule has 30 heavy (non-hydrogen) atoms. The van der Waals surface area contributed by atoms with Gasteiger partial charge in [-0.25, -0.2) is 0 Å². The molecule has 0 saturated heterocycles. The van der Waals surface area contributed by atoms with Crippen LogP contribution in [0.2, 0.25) is 0 Å². The lowest BCUT2D eigenvalue weighted by Gasteiger charge is -2.19. The van der Waals surface area contributed by atoms with Crippen molar-refractivity contribution in [3.63, 3.8) is 0 Å². The van der Waals surface area contributed by atoms with Crippen LogP contribution < -0.4 is 0 Å². The largest absolute Gasteiger partial charge is 0.467 e. The van der Waals surface area contributed by atoms with Crippen LogP contribution in [0.5, 0.6) is 0 Å². The molecule has 5 heteroatoms. The monoisotopic (exact) mass is 417 g/mol. The summed E-state index contributed by atoms with van der Waals surface area (Å²) >= 11 is 1.70. The Morgan fingerprint density at radius 1 is 0.967 bits per heavy atom. The van der Waals surface area contributed by atoms with Crippen LogP contribution >= 0.6 is 11.8 Å². The van der Waals surface area contributed by atoms with E-state index in [0.717, 1.165) is 28.1 Å². The van der Waals surface area contributed by atoms with Gasteiger partial charge < -0.3 is 4.42 Å². The second-order valence-electron chi connectivity index (χ2n) is 8.58. The Bertz CT molecular complexity index is 1110. The first-order chi connectivity index (χ1) is 14.4. The van der Waals surface area contributed by atoms with E-state index in [1.165, 1.54) is 16.7 Å². The lowest BCUT2D eigenvalue weighted by atomic mass is 9.87. The molecule has 4 nitrogen and oxygen atoms in total. The van der Waals surface area contributed by atoms with Crippen molar-refractivity contribution in [3.05, 3.63) is 89.4 Å². The lowest BCUT2D eigenvalue weighted by molar-refractivity contribution is 0.485. The molecule has 0 spiro atoms. The van der Waals surface area contributed by atoms with Crippen molar-refractivity contribution in [1.82, 2.24) is 14.8 Å². The van der Waals surface area contributed by atoms with Gasteiger partial charge in [0.1, 0.15) is 5.76 Å². The Balaban J connectivity index is 1.64. The van der Waals surface area contributed by atoms with Crippen LogP contribution in [-0.2, 0) is 17.7 Å². The number of hydrogen-bond donors (Lipinski definition) is 0. The molecule has 0 atom stereocenters. The number of benzene rings is 2. The van der Waals surface area contributed by atoms with Gasteiger partial charge in [-0.1, -0.05) is 86.6 Å². The van der Waals surface area contributed by atoms with Crippen LogP contribution in [0.4, 0.5) is 0 Å². The molecule has 0 aliphatic heterocycles. The molecule has 0 saturated carbocycles. The van der Waals surface area contributed by atoms with Crippen molar-refractivity contribution in [2.24, 2.45) is 0 Å². The second kappa shape index (κ2) is 8.52. The van der Waals surface area contributed by atoms with Crippen molar-refractivity contribution >= 4 is 11.8 Å². The maximum absolute atomic E-state index is 5.61. The van der Waals surface area contributed by atoms with Gasteiger partial charge in [0.2, 0.25) is 0 Å². The number of hydrogen-bond acceptors (Lipinski definition) is 4. The average molecular weight is 418 g/mol. The van der Waals surface area contributed by atoms with Crippen molar-refractivity contribution in [3.8, 4) is 11.4 Å². The number of rotatable bonds is 6. The van der Waals surface area contributed by atoms with Gasteiger partial charge in [0, 0.05) is 11.3 Å². The van der Waals surface area contributed by atoms with Crippen LogP contribution in [0.25, 0.3) is 11.4 Å². The number of furan rings is 1. The van der Waals surface area contributed by atoms with Crippen LogP contribution in [0.1, 0.15) is 43.2 Å². The second-order valence-corrected chi connectivity index (χ2v) is 9.52. The highest BCUT2D eigenvalue weighted by Crippen LogP contribution is 2.29. The fraction of sp³-hybridized carbons (Fsp3) is 0.280. The van der Waals surface area contributed by atoms with E-state index >= 15 is 0 Å². The van der Waals surface area contributed by atoms with Crippen LogP contribution in [-0.4, -0.2) is 14.8 Å². The topological polar surface area (TPSA) is 43.9 Å². The molecule has 4 aromatic rings. The summed E-state index contributed by atoms with van der Waals surface area (Å²) < 4.78 is 7.75. The summed E-state index contributed by atoms with van der Waals surface area (Å²) in [4.78, 5) is 0. The van der Waals surface area contributed by atoms with E-state index in [1.54, 1.807) is 18.0 Å². The molecule has 2 aromatic heterocycles. The van der Waals surface area contributed by atoms with Crippen molar-refractivity contribution in [2.45, 2.75) is 50.6 Å². The van der Waals surface area contributed by atoms with Crippen molar-refractivity contribution < 1.29 is 4.42 Å². The zero-order valence-electron chi connectivity index (χ0n) is 17.9. The fourth-order valence-corrected chi connectivity index (χ4v) is 4.26. The van der Waals surface area contributed by atoms with E-state index in [2.05, 4.69) is 91.0 Å². The SMILES string of the molecule is Cc1cccc(CSc2nnc(-c3ccc(C(C)(C)C)cc3)n2Cc2ccco2)c1. The van der Waals surface area contributed by atoms with E-state index in [0.29, 0.717) is 6.54 Å². The Morgan fingerprint density at radius 2 is 1.77 bits per heavy atom. The minimum Gasteiger partial charge on any atom is -0.467 e. The van der Waals surface area contributed by atoms with Gasteiger partial charge in [0.15, 0.2) is 11.0 Å². The molecule has 0 radical (unpaired) electrons. The summed E-state index contributed by atoms with van der Waals surface area (Å²) in [5.41, 5.74) is 5.03. The van der Waals surface area contributed by atoms with Gasteiger partial charge in [-0.3, -0.25) is 4.57 Å². The third-order valence-corrected chi connectivity index (χ3v) is 6.11. The molecule has 0 aliphatic carbocycles. The Hall–Kier alpha value is -2.79. The normalized spacial score (nSPS) is 11.7. The number of aryl methyl sites for hydroxylation is 1. The number of aromatic nitrogens is 3. The summed E-state index contributed by atoms with van der Waals surface area (Å²) in [6.45, 7) is 9.39. The van der Waals surface area contributed by atoms with E-state index < -0.39 is 0 Å². The highest BCUT2D eigenvalue weighted by molar-refractivity contribution is 7.98. The van der Waals surface area contributed by atoms with Crippen LogP contribution in [0.15, 0.2) is 76.5 Å². The van der Waals surface area contributed by atoms with Crippen LogP contribution in [0.3, 0.4) is 0 Å². The predicted molar refractivity (Wildman–Crippen MR) is 123 cm³/mol. The predicted octanol–water partition coefficient (Wildman–Crippen LogP) is 6.48. The molecular formula is C25H27N3OS. The average Bonchev–Trinajstić information content (AvgIpc) is 3.36. The highest BCUT2D eigenvalue weighted by atomic mass is 32.2. The van der Waals surface area contributed by atoms with Crippen molar-refractivity contribution in [1.29, 1.82) is 0 Å². The summed E-state index contributed by atoms with van der Waals surface area (Å²) in [5.74, 6) is 2.60. The number of thioether (sulfide) groups is 1. The zero-order valence-corrected chi connectivity index (χ0v) is 18.7. The van der Waals surface area contributed by atoms with Crippen LogP contribution in [0, 0.1) is 6.92 Å². The van der Waals surface area contributed by atoms with Gasteiger partial charge >= 0.3 is 0 Å². The third-order valence-electron chi connectivity index (χ3n) is 5.07. The van der Waals surface area contributed by atoms with E-state index in [4.69, 9.17) is 4.42 Å². The molecule has 4 rings (SSSR count). The molecule has 154 valence electrons. The minimum atomic E-state index is 0.120. The molecule has 0 bridgehead atoms. The summed E-state index contributed by atoms with van der Waals surface area (Å²) in [7, 11) is 0. The molecule has 0 amide bonds. The smallest absolute Gasteiger partial charge is 0.192 e. The van der Waals surface area contributed by atoms with E-state index in [-0.39, 0.29) is 5.41 Å². The van der Waals surface area contributed by atoms with E-state index in [9.17, 15) is 0 Å². The fourth-order valence-electron chi connectivity index (χ4n) is 3.38. The van der Waals surface area contributed by atoms with Gasteiger partial charge in [-0.15, -0.1) is 10.2 Å². The molecular weight excluding hydrogens is 390 g/mol. The number of nitrogens with zero attached hydrogens (tertiary/aromatic N) is 3. The van der Waals surface area contributed by atoms with Crippen molar-refractivity contribution in [2.75, 3.05) is 0 Å². The summed E-state index contributed by atoms with van der Waals surface area (Å²) in [6.07, 6.45) is 1.71. The van der Waals surface area contributed by atoms with E-state index in [1.807, 2.05) is 12.1 Å². The first kappa shape index (κ1) is 20.5. The Labute approximate surface area is 182 Å². The third kappa shape index (κ3) is 4.68. The highest BCUT2D eigenvalue weighted by Gasteiger charge is 2.18. The summed E-state index contributed by atoms with van der Waals surface area (Å²) in [6, 6.07) is 21.1. The lowest BCUT2D eigenvalue weighted by Crippen LogP contribution is -2.10. The van der Waals surface area contributed by atoms with Gasteiger partial charge in [-0.2, -0.15) is 0 Å². The first-order valence-corrected chi connectivity index (χ1v) is 11.1. The molecule has 0 aliphatic rings. The maximum Gasteiger partial charge on any atom is 0.192 e. The minimum absolute atomic E-state index is 0.120. The summed E-state index contributed by atoms with van der Waals surface area (Å²) in [5, 5.41) is 9.95. The first-order valence-electron chi connectivity index (χ1n) is 10.1. The van der Waals surface area contributed by atoms with Gasteiger partial charge in [-0.05, 0) is 35.6 Å². The Kier molecular flexibility index (Phi) is 5.82. The molecule has 2 aromatic carbocycles. The maximum atomic E-state index is 5.61. The standard InChI is InChI=1S/C25H27N3OS/c1-18-7-5-8-19(15-18)17-30-24-27-26-23(28(24)16-22-9-6-14-29-22)20-10-12-21(13-11-20)25(2,3)4/h5-15H,16-17H2,1-4H3. The molecule has 2 heterocycles. The van der Waals surface area contributed by atoms with Gasteiger partial charge in [0.05, 0.1) is 12.8 Å².